The Hall–Kier alpha value is -1.56. The van der Waals surface area contributed by atoms with Gasteiger partial charge in [0.05, 0.1) is 11.6 Å². The second-order valence-electron chi connectivity index (χ2n) is 6.05. The number of nitrogens with one attached hydrogen (secondary N) is 1. The summed E-state index contributed by atoms with van der Waals surface area (Å²) in [5.41, 5.74) is 1.69. The average molecular weight is 376 g/mol. The lowest BCUT2D eigenvalue weighted by Crippen LogP contribution is -2.37. The van der Waals surface area contributed by atoms with E-state index in [-0.39, 0.29) is 11.9 Å². The first-order valence-corrected chi connectivity index (χ1v) is 10.1. The molecule has 0 spiro atoms. The normalized spacial score (nSPS) is 15.9. The van der Waals surface area contributed by atoms with E-state index in [1.807, 2.05) is 30.5 Å². The summed E-state index contributed by atoms with van der Waals surface area (Å²) in [4.78, 5) is 19.3. The Labute approximate surface area is 158 Å². The van der Waals surface area contributed by atoms with Crippen molar-refractivity contribution in [3.8, 4) is 0 Å². The van der Waals surface area contributed by atoms with Gasteiger partial charge in [0.2, 0.25) is 0 Å². The summed E-state index contributed by atoms with van der Waals surface area (Å²) in [6.07, 6.45) is 6.01. The molecule has 6 heteroatoms. The highest BCUT2D eigenvalue weighted by atomic mass is 35.5. The maximum atomic E-state index is 12.6. The van der Waals surface area contributed by atoms with Crippen LogP contribution in [0.1, 0.15) is 34.8 Å². The van der Waals surface area contributed by atoms with Crippen molar-refractivity contribution >= 4 is 29.3 Å². The van der Waals surface area contributed by atoms with Crippen LogP contribution in [0.15, 0.2) is 47.6 Å². The molecule has 132 valence electrons. The Balaban J connectivity index is 1.77. The minimum absolute atomic E-state index is 0.0892. The summed E-state index contributed by atoms with van der Waals surface area (Å²) < 4.78 is 0. The van der Waals surface area contributed by atoms with Gasteiger partial charge in [-0.05, 0) is 55.9 Å². The molecule has 25 heavy (non-hydrogen) atoms. The predicted octanol–water partition coefficient (Wildman–Crippen LogP) is 4.02. The molecule has 2 heterocycles. The second kappa shape index (κ2) is 8.70. The van der Waals surface area contributed by atoms with E-state index in [1.54, 1.807) is 12.3 Å². The van der Waals surface area contributed by atoms with Gasteiger partial charge in [-0.1, -0.05) is 29.8 Å². The Kier molecular flexibility index (Phi) is 6.34. The van der Waals surface area contributed by atoms with Gasteiger partial charge in [-0.25, -0.2) is 4.98 Å². The van der Waals surface area contributed by atoms with Crippen molar-refractivity contribution in [3.63, 3.8) is 0 Å². The number of carbonyl (C=O) groups is 1. The van der Waals surface area contributed by atoms with Crippen LogP contribution in [0.2, 0.25) is 5.02 Å². The number of likely N-dealkylation sites (tertiary alicyclic amines) is 1. The van der Waals surface area contributed by atoms with E-state index in [0.29, 0.717) is 12.1 Å². The molecule has 0 bridgehead atoms. The molecule has 0 unspecified atom stereocenters. The van der Waals surface area contributed by atoms with Crippen LogP contribution in [0.3, 0.4) is 0 Å². The van der Waals surface area contributed by atoms with Gasteiger partial charge in [0, 0.05) is 17.8 Å². The highest BCUT2D eigenvalue weighted by molar-refractivity contribution is 7.98. The highest BCUT2D eigenvalue weighted by Crippen LogP contribution is 2.30. The minimum atomic E-state index is -0.0892. The number of hydrogen-bond acceptors (Lipinski definition) is 4. The van der Waals surface area contributed by atoms with E-state index >= 15 is 0 Å². The number of nitrogens with zero attached hydrogens (tertiary/aromatic N) is 2. The molecule has 1 saturated heterocycles. The van der Waals surface area contributed by atoms with Crippen LogP contribution in [0.4, 0.5) is 0 Å². The molecule has 1 aromatic heterocycles. The zero-order valence-corrected chi connectivity index (χ0v) is 15.8. The van der Waals surface area contributed by atoms with Gasteiger partial charge in [0.15, 0.2) is 0 Å². The molecule has 2 aromatic rings. The lowest BCUT2D eigenvalue weighted by molar-refractivity contribution is 0.0934. The first-order valence-electron chi connectivity index (χ1n) is 8.46. The fraction of sp³-hybridized carbons (Fsp3) is 0.368. The lowest BCUT2D eigenvalue weighted by atomic mass is 10.1. The topological polar surface area (TPSA) is 45.2 Å². The molecule has 0 saturated carbocycles. The molecular weight excluding hydrogens is 354 g/mol. The maximum Gasteiger partial charge on any atom is 0.254 e. The van der Waals surface area contributed by atoms with E-state index < -0.39 is 0 Å². The molecule has 1 amide bonds. The fourth-order valence-corrected chi connectivity index (χ4v) is 4.05. The molecule has 1 aliphatic rings. The number of carbonyl (C=O) groups excluding carboxylic acids is 1. The van der Waals surface area contributed by atoms with Crippen LogP contribution in [-0.4, -0.2) is 41.7 Å². The third kappa shape index (κ3) is 4.35. The SMILES string of the molecule is CSc1ncccc1C(=O)NC[C@@H](c1ccccc1Cl)N1CCCC1. The Bertz CT molecular complexity index is 734. The molecule has 1 aliphatic heterocycles. The molecule has 1 N–H and O–H groups in total. The number of amides is 1. The van der Waals surface area contributed by atoms with Crippen molar-refractivity contribution in [2.45, 2.75) is 23.9 Å². The quantitative estimate of drug-likeness (QED) is 0.774. The number of thioether (sulfide) groups is 1. The minimum Gasteiger partial charge on any atom is -0.350 e. The van der Waals surface area contributed by atoms with Crippen molar-refractivity contribution < 1.29 is 4.79 Å². The van der Waals surface area contributed by atoms with Gasteiger partial charge in [0.1, 0.15) is 5.03 Å². The smallest absolute Gasteiger partial charge is 0.254 e. The third-order valence-electron chi connectivity index (χ3n) is 4.51. The van der Waals surface area contributed by atoms with E-state index in [2.05, 4.69) is 21.3 Å². The monoisotopic (exact) mass is 375 g/mol. The first kappa shape index (κ1) is 18.2. The number of halogens is 1. The summed E-state index contributed by atoms with van der Waals surface area (Å²) >= 11 is 7.90. The van der Waals surface area contributed by atoms with E-state index in [9.17, 15) is 4.79 Å². The molecule has 1 aromatic carbocycles. The molecule has 0 aliphatic carbocycles. The van der Waals surface area contributed by atoms with Crippen molar-refractivity contribution in [3.05, 3.63) is 58.7 Å². The van der Waals surface area contributed by atoms with Crippen molar-refractivity contribution in [1.29, 1.82) is 0 Å². The van der Waals surface area contributed by atoms with Crippen LogP contribution in [0.25, 0.3) is 0 Å². The largest absolute Gasteiger partial charge is 0.350 e. The van der Waals surface area contributed by atoms with E-state index in [1.165, 1.54) is 24.6 Å². The first-order chi connectivity index (χ1) is 12.2. The number of pyridine rings is 1. The third-order valence-corrected chi connectivity index (χ3v) is 5.57. The maximum absolute atomic E-state index is 12.6. The van der Waals surface area contributed by atoms with Crippen LogP contribution in [0, 0.1) is 0 Å². The van der Waals surface area contributed by atoms with Gasteiger partial charge in [-0.15, -0.1) is 11.8 Å². The molecule has 0 radical (unpaired) electrons. The van der Waals surface area contributed by atoms with Crippen LogP contribution in [-0.2, 0) is 0 Å². The number of benzene rings is 1. The summed E-state index contributed by atoms with van der Waals surface area (Å²) in [6, 6.07) is 11.6. The van der Waals surface area contributed by atoms with Crippen molar-refractivity contribution in [2.75, 3.05) is 25.9 Å². The highest BCUT2D eigenvalue weighted by Gasteiger charge is 2.26. The fourth-order valence-electron chi connectivity index (χ4n) is 3.25. The molecule has 1 fully saturated rings. The molecule has 4 nitrogen and oxygen atoms in total. The van der Waals surface area contributed by atoms with Gasteiger partial charge in [0.25, 0.3) is 5.91 Å². The van der Waals surface area contributed by atoms with Crippen LogP contribution >= 0.6 is 23.4 Å². The predicted molar refractivity (Wildman–Crippen MR) is 103 cm³/mol. The molecular formula is C19H22ClN3OS. The molecule has 1 atom stereocenters. The van der Waals surface area contributed by atoms with Crippen LogP contribution < -0.4 is 5.32 Å². The van der Waals surface area contributed by atoms with Gasteiger partial charge < -0.3 is 5.32 Å². The van der Waals surface area contributed by atoms with Gasteiger partial charge >= 0.3 is 0 Å². The Morgan fingerprint density at radius 3 is 2.76 bits per heavy atom. The number of hydrogen-bond donors (Lipinski definition) is 1. The van der Waals surface area contributed by atoms with Crippen LogP contribution in [0.5, 0.6) is 0 Å². The number of aromatic nitrogens is 1. The second-order valence-corrected chi connectivity index (χ2v) is 7.25. The lowest BCUT2D eigenvalue weighted by Gasteiger charge is -2.29. The zero-order valence-electron chi connectivity index (χ0n) is 14.2. The van der Waals surface area contributed by atoms with Crippen molar-refractivity contribution in [1.82, 2.24) is 15.2 Å². The number of rotatable bonds is 6. The Morgan fingerprint density at radius 1 is 1.28 bits per heavy atom. The standard InChI is InChI=1S/C19H22ClN3OS/c1-25-19-15(8-6-10-21-19)18(24)22-13-17(23-11-4-5-12-23)14-7-2-3-9-16(14)20/h2-3,6-10,17H,4-5,11-13H2,1H3,(H,22,24)/t17-/m0/s1. The summed E-state index contributed by atoms with van der Waals surface area (Å²) in [6.45, 7) is 2.61. The zero-order chi connectivity index (χ0) is 17.6. The Morgan fingerprint density at radius 2 is 2.04 bits per heavy atom. The van der Waals surface area contributed by atoms with Gasteiger partial charge in [-0.2, -0.15) is 0 Å². The van der Waals surface area contributed by atoms with Crippen molar-refractivity contribution in [2.24, 2.45) is 0 Å². The molecule has 3 rings (SSSR count). The van der Waals surface area contributed by atoms with Gasteiger partial charge in [-0.3, -0.25) is 9.69 Å². The average Bonchev–Trinajstić information content (AvgIpc) is 3.17. The summed E-state index contributed by atoms with van der Waals surface area (Å²) in [7, 11) is 0. The van der Waals surface area contributed by atoms with E-state index in [0.717, 1.165) is 28.7 Å². The van der Waals surface area contributed by atoms with E-state index in [4.69, 9.17) is 11.6 Å². The summed E-state index contributed by atoms with van der Waals surface area (Å²) in [5.74, 6) is -0.0892. The summed E-state index contributed by atoms with van der Waals surface area (Å²) in [5, 5.41) is 4.58.